The molecule has 1 amide bonds. The first kappa shape index (κ1) is 12.7. The fourth-order valence-electron chi connectivity index (χ4n) is 2.40. The van der Waals surface area contributed by atoms with Gasteiger partial charge in [0.1, 0.15) is 0 Å². The van der Waals surface area contributed by atoms with Crippen LogP contribution < -0.4 is 10.6 Å². The number of nitrogen functional groups attached to an aromatic ring is 1. The summed E-state index contributed by atoms with van der Waals surface area (Å²) in [6.45, 7) is 1.21. The van der Waals surface area contributed by atoms with Crippen LogP contribution in [0.3, 0.4) is 0 Å². The number of hydrogen-bond donors (Lipinski definition) is 1. The molecule has 0 atom stereocenters. The molecule has 1 heterocycles. The Hall–Kier alpha value is -2.33. The third-order valence-electron chi connectivity index (χ3n) is 3.57. The minimum atomic E-state index is -0.0717. The van der Waals surface area contributed by atoms with Gasteiger partial charge in [-0.1, -0.05) is 18.2 Å². The number of carbonyl (C=O) groups excluding carboxylic acids is 1. The summed E-state index contributed by atoms with van der Waals surface area (Å²) < 4.78 is 5.37. The number of carbonyl (C=O) groups is 1. The van der Waals surface area contributed by atoms with Crippen molar-refractivity contribution in [1.29, 1.82) is 0 Å². The molecular weight excluding hydrogens is 252 g/mol. The third-order valence-corrected chi connectivity index (χ3v) is 3.57. The van der Waals surface area contributed by atoms with Crippen LogP contribution in [0.5, 0.6) is 0 Å². The lowest BCUT2D eigenvalue weighted by Crippen LogP contribution is -2.27. The Balaban J connectivity index is 1.91. The van der Waals surface area contributed by atoms with Crippen LogP contribution in [0.4, 0.5) is 11.4 Å². The van der Waals surface area contributed by atoms with Gasteiger partial charge in [-0.3, -0.25) is 4.79 Å². The van der Waals surface area contributed by atoms with Gasteiger partial charge in [0.2, 0.25) is 0 Å². The van der Waals surface area contributed by atoms with Crippen LogP contribution in [-0.4, -0.2) is 13.0 Å². The first-order chi connectivity index (χ1) is 9.66. The molecule has 2 aromatic rings. The second-order valence-corrected chi connectivity index (χ2v) is 4.90. The van der Waals surface area contributed by atoms with E-state index in [2.05, 4.69) is 0 Å². The fraction of sp³-hybridized carbons (Fsp3) is 0.188. The second kappa shape index (κ2) is 4.98. The van der Waals surface area contributed by atoms with E-state index in [4.69, 9.17) is 10.5 Å². The number of fused-ring (bicyclic) bond motifs is 1. The molecule has 0 saturated carbocycles. The van der Waals surface area contributed by atoms with E-state index < -0.39 is 0 Å². The molecule has 2 aromatic carbocycles. The maximum atomic E-state index is 12.5. The highest BCUT2D eigenvalue weighted by Gasteiger charge is 2.18. The summed E-state index contributed by atoms with van der Waals surface area (Å²) >= 11 is 0. The summed E-state index contributed by atoms with van der Waals surface area (Å²) in [4.78, 5) is 14.1. The van der Waals surface area contributed by atoms with Gasteiger partial charge in [0.25, 0.3) is 5.91 Å². The van der Waals surface area contributed by atoms with Crippen LogP contribution in [0.25, 0.3) is 0 Å². The molecule has 0 fully saturated rings. The number of benzene rings is 2. The molecule has 3 rings (SSSR count). The Morgan fingerprint density at radius 3 is 2.70 bits per heavy atom. The lowest BCUT2D eigenvalue weighted by atomic mass is 10.1. The van der Waals surface area contributed by atoms with E-state index in [-0.39, 0.29) is 5.91 Å². The van der Waals surface area contributed by atoms with E-state index in [0.29, 0.717) is 30.2 Å². The average molecular weight is 268 g/mol. The quantitative estimate of drug-likeness (QED) is 0.852. The van der Waals surface area contributed by atoms with Gasteiger partial charge in [-0.15, -0.1) is 0 Å². The summed E-state index contributed by atoms with van der Waals surface area (Å²) in [5.41, 5.74) is 10.1. The van der Waals surface area contributed by atoms with Gasteiger partial charge < -0.3 is 15.4 Å². The molecule has 0 unspecified atom stereocenters. The molecule has 1 aliphatic rings. The topological polar surface area (TPSA) is 55.6 Å². The number of rotatable bonds is 2. The number of nitrogens with zero attached hydrogens (tertiary/aromatic N) is 1. The van der Waals surface area contributed by atoms with Crippen LogP contribution in [0.2, 0.25) is 0 Å². The molecular formula is C16H16N2O2. The van der Waals surface area contributed by atoms with Crippen LogP contribution in [0.15, 0.2) is 42.5 Å². The molecule has 0 bridgehead atoms. The van der Waals surface area contributed by atoms with E-state index in [1.54, 1.807) is 18.0 Å². The Kier molecular flexibility index (Phi) is 3.16. The zero-order chi connectivity index (χ0) is 14.1. The van der Waals surface area contributed by atoms with Crippen molar-refractivity contribution in [2.24, 2.45) is 0 Å². The van der Waals surface area contributed by atoms with Crippen molar-refractivity contribution in [3.05, 3.63) is 59.2 Å². The molecule has 0 spiro atoms. The Morgan fingerprint density at radius 2 is 1.90 bits per heavy atom. The molecule has 0 aliphatic carbocycles. The lowest BCUT2D eigenvalue weighted by Gasteiger charge is -2.19. The standard InChI is InChI=1S/C16H16N2O2/c1-18(15-5-3-2-4-14(15)17)16(19)11-6-7-12-9-20-10-13(12)8-11/h2-8H,9-10,17H2,1H3. The van der Waals surface area contributed by atoms with E-state index >= 15 is 0 Å². The van der Waals surface area contributed by atoms with Crippen molar-refractivity contribution in [2.75, 3.05) is 17.7 Å². The molecule has 20 heavy (non-hydrogen) atoms. The zero-order valence-electron chi connectivity index (χ0n) is 11.3. The van der Waals surface area contributed by atoms with E-state index in [0.717, 1.165) is 11.1 Å². The van der Waals surface area contributed by atoms with Gasteiger partial charge in [-0.2, -0.15) is 0 Å². The zero-order valence-corrected chi connectivity index (χ0v) is 11.3. The van der Waals surface area contributed by atoms with Gasteiger partial charge in [0.15, 0.2) is 0 Å². The van der Waals surface area contributed by atoms with Gasteiger partial charge >= 0.3 is 0 Å². The first-order valence-electron chi connectivity index (χ1n) is 6.49. The summed E-state index contributed by atoms with van der Waals surface area (Å²) in [5, 5.41) is 0. The first-order valence-corrected chi connectivity index (χ1v) is 6.49. The van der Waals surface area contributed by atoms with Gasteiger partial charge in [0.05, 0.1) is 24.6 Å². The minimum absolute atomic E-state index is 0.0717. The number of para-hydroxylation sites is 2. The largest absolute Gasteiger partial charge is 0.397 e. The number of amides is 1. The number of ether oxygens (including phenoxy) is 1. The normalized spacial score (nSPS) is 13.1. The molecule has 2 N–H and O–H groups in total. The highest BCUT2D eigenvalue weighted by molar-refractivity contribution is 6.07. The van der Waals surface area contributed by atoms with Crippen molar-refractivity contribution in [3.63, 3.8) is 0 Å². The van der Waals surface area contributed by atoms with Gasteiger partial charge in [-0.25, -0.2) is 0 Å². The molecule has 102 valence electrons. The van der Waals surface area contributed by atoms with Crippen molar-refractivity contribution >= 4 is 17.3 Å². The van der Waals surface area contributed by atoms with Crippen LogP contribution >= 0.6 is 0 Å². The summed E-state index contributed by atoms with van der Waals surface area (Å²) in [6, 6.07) is 13.0. The Labute approximate surface area is 117 Å². The number of hydrogen-bond acceptors (Lipinski definition) is 3. The number of anilines is 2. The van der Waals surface area contributed by atoms with Crippen molar-refractivity contribution in [2.45, 2.75) is 13.2 Å². The average Bonchev–Trinajstić information content (AvgIpc) is 2.93. The Morgan fingerprint density at radius 1 is 1.15 bits per heavy atom. The summed E-state index contributed by atoms with van der Waals surface area (Å²) in [7, 11) is 1.73. The monoisotopic (exact) mass is 268 g/mol. The SMILES string of the molecule is CN(C(=O)c1ccc2c(c1)COC2)c1ccccc1N. The maximum Gasteiger partial charge on any atom is 0.258 e. The van der Waals surface area contributed by atoms with E-state index in [1.807, 2.05) is 36.4 Å². The fourth-order valence-corrected chi connectivity index (χ4v) is 2.40. The highest BCUT2D eigenvalue weighted by atomic mass is 16.5. The maximum absolute atomic E-state index is 12.5. The van der Waals surface area contributed by atoms with Crippen LogP contribution in [-0.2, 0) is 18.0 Å². The van der Waals surface area contributed by atoms with Crippen molar-refractivity contribution < 1.29 is 9.53 Å². The second-order valence-electron chi connectivity index (χ2n) is 4.90. The highest BCUT2D eigenvalue weighted by Crippen LogP contribution is 2.25. The molecule has 0 saturated heterocycles. The lowest BCUT2D eigenvalue weighted by molar-refractivity contribution is 0.0993. The van der Waals surface area contributed by atoms with Gasteiger partial charge in [-0.05, 0) is 35.4 Å². The molecule has 1 aliphatic heterocycles. The molecule has 0 aromatic heterocycles. The van der Waals surface area contributed by atoms with Crippen LogP contribution in [0, 0.1) is 0 Å². The third kappa shape index (κ3) is 2.14. The van der Waals surface area contributed by atoms with Crippen molar-refractivity contribution in [1.82, 2.24) is 0 Å². The number of nitrogens with two attached hydrogens (primary N) is 1. The Bertz CT molecular complexity index is 667. The van der Waals surface area contributed by atoms with Crippen molar-refractivity contribution in [3.8, 4) is 0 Å². The van der Waals surface area contributed by atoms with E-state index in [1.165, 1.54) is 0 Å². The molecule has 0 radical (unpaired) electrons. The van der Waals surface area contributed by atoms with E-state index in [9.17, 15) is 4.79 Å². The summed E-state index contributed by atoms with van der Waals surface area (Å²) in [5.74, 6) is -0.0717. The predicted octanol–water partition coefficient (Wildman–Crippen LogP) is 2.58. The molecule has 4 nitrogen and oxygen atoms in total. The van der Waals surface area contributed by atoms with Crippen LogP contribution in [0.1, 0.15) is 21.5 Å². The van der Waals surface area contributed by atoms with Gasteiger partial charge in [0, 0.05) is 12.6 Å². The molecule has 4 heteroatoms. The minimum Gasteiger partial charge on any atom is -0.397 e. The summed E-state index contributed by atoms with van der Waals surface area (Å²) in [6.07, 6.45) is 0. The smallest absolute Gasteiger partial charge is 0.258 e. The predicted molar refractivity (Wildman–Crippen MR) is 78.5 cm³/mol.